The molecule has 0 heterocycles. The summed E-state index contributed by atoms with van der Waals surface area (Å²) in [4.78, 5) is 10.8. The SMILES string of the molecule is CCC(=O)SCCC(F)C(F)(F)C(C)F. The van der Waals surface area contributed by atoms with E-state index in [-0.39, 0.29) is 17.3 Å². The summed E-state index contributed by atoms with van der Waals surface area (Å²) in [6.45, 7) is 2.25. The summed E-state index contributed by atoms with van der Waals surface area (Å²) in [5, 5.41) is -0.182. The highest BCUT2D eigenvalue weighted by Gasteiger charge is 2.45. The predicted molar refractivity (Wildman–Crippen MR) is 52.8 cm³/mol. The standard InChI is InChI=1S/C9H14F4OS/c1-3-8(14)15-5-4-7(11)9(12,13)6(2)10/h6-7H,3-5H2,1-2H3. The Labute approximate surface area is 90.6 Å². The van der Waals surface area contributed by atoms with Gasteiger partial charge in [-0.05, 0) is 13.3 Å². The Morgan fingerprint density at radius 1 is 1.40 bits per heavy atom. The van der Waals surface area contributed by atoms with Gasteiger partial charge >= 0.3 is 5.92 Å². The third-order valence-corrected chi connectivity index (χ3v) is 2.92. The molecule has 0 aromatic rings. The van der Waals surface area contributed by atoms with Gasteiger partial charge in [0.25, 0.3) is 0 Å². The number of halogens is 4. The van der Waals surface area contributed by atoms with E-state index >= 15 is 0 Å². The minimum atomic E-state index is -3.96. The van der Waals surface area contributed by atoms with Crippen LogP contribution in [0.1, 0.15) is 26.7 Å². The van der Waals surface area contributed by atoms with E-state index < -0.39 is 24.7 Å². The van der Waals surface area contributed by atoms with Crippen molar-refractivity contribution in [2.75, 3.05) is 5.75 Å². The number of carbonyl (C=O) groups excluding carboxylic acids is 1. The topological polar surface area (TPSA) is 17.1 Å². The lowest BCUT2D eigenvalue weighted by Crippen LogP contribution is -2.38. The molecular weight excluding hydrogens is 232 g/mol. The van der Waals surface area contributed by atoms with Crippen LogP contribution in [-0.4, -0.2) is 29.1 Å². The number of hydrogen-bond donors (Lipinski definition) is 0. The van der Waals surface area contributed by atoms with Gasteiger partial charge in [0.2, 0.25) is 0 Å². The minimum Gasteiger partial charge on any atom is -0.287 e. The lowest BCUT2D eigenvalue weighted by atomic mass is 10.1. The zero-order chi connectivity index (χ0) is 12.1. The highest BCUT2D eigenvalue weighted by atomic mass is 32.2. The van der Waals surface area contributed by atoms with Gasteiger partial charge in [0.15, 0.2) is 17.5 Å². The Balaban J connectivity index is 3.93. The number of alkyl halides is 4. The fourth-order valence-electron chi connectivity index (χ4n) is 0.820. The van der Waals surface area contributed by atoms with Gasteiger partial charge in [-0.15, -0.1) is 0 Å². The van der Waals surface area contributed by atoms with Gasteiger partial charge in [0.1, 0.15) is 0 Å². The Hall–Kier alpha value is -0.260. The summed E-state index contributed by atoms with van der Waals surface area (Å²) in [7, 11) is 0. The second-order valence-electron chi connectivity index (χ2n) is 3.12. The molecule has 6 heteroatoms. The molecule has 0 N–H and O–H groups in total. The van der Waals surface area contributed by atoms with Crippen LogP contribution in [0, 0.1) is 0 Å². The van der Waals surface area contributed by atoms with Crippen LogP contribution < -0.4 is 0 Å². The zero-order valence-corrected chi connectivity index (χ0v) is 9.42. The third-order valence-electron chi connectivity index (χ3n) is 1.87. The first-order valence-electron chi connectivity index (χ1n) is 4.63. The van der Waals surface area contributed by atoms with E-state index in [1.165, 1.54) is 0 Å². The second kappa shape index (κ2) is 6.35. The molecule has 2 atom stereocenters. The van der Waals surface area contributed by atoms with Gasteiger partial charge in [0.05, 0.1) is 0 Å². The highest BCUT2D eigenvalue weighted by Crippen LogP contribution is 2.30. The summed E-state index contributed by atoms with van der Waals surface area (Å²) in [6.07, 6.45) is -5.29. The molecule has 0 aliphatic heterocycles. The van der Waals surface area contributed by atoms with Crippen molar-refractivity contribution in [1.29, 1.82) is 0 Å². The van der Waals surface area contributed by atoms with Gasteiger partial charge in [-0.25, -0.2) is 17.6 Å². The van der Waals surface area contributed by atoms with Gasteiger partial charge in [-0.1, -0.05) is 18.7 Å². The van der Waals surface area contributed by atoms with Crippen LogP contribution in [0.25, 0.3) is 0 Å². The largest absolute Gasteiger partial charge is 0.308 e. The maximum atomic E-state index is 12.9. The molecule has 2 unspecified atom stereocenters. The van der Waals surface area contributed by atoms with E-state index in [0.717, 1.165) is 11.8 Å². The molecule has 1 nitrogen and oxygen atoms in total. The highest BCUT2D eigenvalue weighted by molar-refractivity contribution is 8.13. The Morgan fingerprint density at radius 3 is 2.33 bits per heavy atom. The van der Waals surface area contributed by atoms with Crippen molar-refractivity contribution in [3.05, 3.63) is 0 Å². The maximum absolute atomic E-state index is 12.9. The van der Waals surface area contributed by atoms with Crippen molar-refractivity contribution in [3.8, 4) is 0 Å². The van der Waals surface area contributed by atoms with Crippen LogP contribution in [0.4, 0.5) is 17.6 Å². The molecule has 0 aromatic heterocycles. The molecule has 0 saturated carbocycles. The number of carbonyl (C=O) groups is 1. The van der Waals surface area contributed by atoms with Crippen LogP contribution in [-0.2, 0) is 4.79 Å². The smallest absolute Gasteiger partial charge is 0.287 e. The Bertz CT molecular complexity index is 208. The van der Waals surface area contributed by atoms with Crippen LogP contribution >= 0.6 is 11.8 Å². The van der Waals surface area contributed by atoms with Gasteiger partial charge in [-0.2, -0.15) is 0 Å². The van der Waals surface area contributed by atoms with E-state index in [0.29, 0.717) is 6.92 Å². The molecule has 0 amide bonds. The molecule has 0 aromatic carbocycles. The molecule has 0 radical (unpaired) electrons. The molecule has 90 valence electrons. The molecule has 0 aliphatic rings. The summed E-state index contributed by atoms with van der Waals surface area (Å²) in [5.41, 5.74) is 0. The number of rotatable bonds is 6. The summed E-state index contributed by atoms with van der Waals surface area (Å²) >= 11 is 0.798. The fraction of sp³-hybridized carbons (Fsp3) is 0.889. The zero-order valence-electron chi connectivity index (χ0n) is 8.60. The van der Waals surface area contributed by atoms with E-state index in [2.05, 4.69) is 0 Å². The van der Waals surface area contributed by atoms with Crippen LogP contribution in [0.3, 0.4) is 0 Å². The first-order chi connectivity index (χ1) is 6.82. The van der Waals surface area contributed by atoms with Crippen molar-refractivity contribution in [2.45, 2.75) is 45.0 Å². The molecular formula is C9H14F4OS. The maximum Gasteiger partial charge on any atom is 0.308 e. The summed E-state index contributed by atoms with van der Waals surface area (Å²) < 4.78 is 50.6. The van der Waals surface area contributed by atoms with Crippen LogP contribution in [0.2, 0.25) is 0 Å². The van der Waals surface area contributed by atoms with Crippen molar-refractivity contribution < 1.29 is 22.4 Å². The molecule has 0 rings (SSSR count). The second-order valence-corrected chi connectivity index (χ2v) is 4.27. The van der Waals surface area contributed by atoms with E-state index in [4.69, 9.17) is 0 Å². The first kappa shape index (κ1) is 14.7. The Kier molecular flexibility index (Phi) is 6.24. The van der Waals surface area contributed by atoms with E-state index in [1.807, 2.05) is 0 Å². The molecule has 0 saturated heterocycles. The van der Waals surface area contributed by atoms with Crippen molar-refractivity contribution in [3.63, 3.8) is 0 Å². The van der Waals surface area contributed by atoms with Gasteiger partial charge < -0.3 is 0 Å². The lowest BCUT2D eigenvalue weighted by molar-refractivity contribution is -0.121. The molecule has 0 bridgehead atoms. The minimum absolute atomic E-state index is 0.0455. The molecule has 0 aliphatic carbocycles. The van der Waals surface area contributed by atoms with Crippen LogP contribution in [0.15, 0.2) is 0 Å². The fourth-order valence-corrected chi connectivity index (χ4v) is 1.58. The average molecular weight is 246 g/mol. The number of thioether (sulfide) groups is 1. The van der Waals surface area contributed by atoms with Crippen molar-refractivity contribution in [2.24, 2.45) is 0 Å². The first-order valence-corrected chi connectivity index (χ1v) is 5.62. The molecule has 15 heavy (non-hydrogen) atoms. The lowest BCUT2D eigenvalue weighted by Gasteiger charge is -2.21. The van der Waals surface area contributed by atoms with Crippen molar-refractivity contribution in [1.82, 2.24) is 0 Å². The average Bonchev–Trinajstić information content (AvgIpc) is 2.16. The summed E-state index contributed by atoms with van der Waals surface area (Å²) in [5.74, 6) is -4.01. The Morgan fingerprint density at radius 2 is 1.93 bits per heavy atom. The summed E-state index contributed by atoms with van der Waals surface area (Å²) in [6, 6.07) is 0. The molecule has 0 spiro atoms. The normalized spacial score (nSPS) is 16.1. The predicted octanol–water partition coefficient (Wildman–Crippen LogP) is 3.38. The van der Waals surface area contributed by atoms with E-state index in [1.54, 1.807) is 6.92 Å². The number of hydrogen-bond acceptors (Lipinski definition) is 2. The molecule has 0 fully saturated rings. The quantitative estimate of drug-likeness (QED) is 0.668. The van der Waals surface area contributed by atoms with Crippen LogP contribution in [0.5, 0.6) is 0 Å². The van der Waals surface area contributed by atoms with Gasteiger partial charge in [0, 0.05) is 12.2 Å². The van der Waals surface area contributed by atoms with Gasteiger partial charge in [-0.3, -0.25) is 4.79 Å². The third kappa shape index (κ3) is 4.86. The van der Waals surface area contributed by atoms with E-state index in [9.17, 15) is 22.4 Å². The monoisotopic (exact) mass is 246 g/mol. The van der Waals surface area contributed by atoms with Crippen molar-refractivity contribution >= 4 is 16.9 Å².